The van der Waals surface area contributed by atoms with Crippen LogP contribution in [-0.2, 0) is 68.2 Å². The van der Waals surface area contributed by atoms with Crippen molar-refractivity contribution in [1.82, 2.24) is 0 Å². The van der Waals surface area contributed by atoms with E-state index >= 15 is 0 Å². The van der Waals surface area contributed by atoms with Crippen LogP contribution in [0.5, 0.6) is 23.0 Å². The van der Waals surface area contributed by atoms with Crippen molar-refractivity contribution in [2.75, 3.05) is 59.5 Å². The number of benzene rings is 5. The van der Waals surface area contributed by atoms with Crippen molar-refractivity contribution in [3.63, 3.8) is 0 Å². The summed E-state index contributed by atoms with van der Waals surface area (Å²) in [5.41, 5.74) is 14.7. The SMILES string of the molecule is CCCOc1c2cc(C(C)(C)C)cc1Cc1cc(C(C)(C)C)cc3c1OCCOCCOCCOCCOc1c(cc(C(C)(C)C)cc1Cc1cc(C(C)(C)C)cc(c1OCc1ccccc1)C3)C2. The topological polar surface area (TPSA) is 64.6 Å². The average molecular weight is 939 g/mol. The van der Waals surface area contributed by atoms with Crippen LogP contribution < -0.4 is 18.9 Å². The third kappa shape index (κ3) is 13.5. The summed E-state index contributed by atoms with van der Waals surface area (Å²) >= 11 is 0. The molecule has 0 fully saturated rings. The molecule has 1 aliphatic heterocycles. The van der Waals surface area contributed by atoms with Crippen molar-refractivity contribution in [1.29, 1.82) is 0 Å². The molecule has 0 amide bonds. The third-order valence-electron chi connectivity index (χ3n) is 13.3. The van der Waals surface area contributed by atoms with Crippen LogP contribution in [0.25, 0.3) is 0 Å². The lowest BCUT2D eigenvalue weighted by atomic mass is 9.79. The molecule has 2 aliphatic rings. The van der Waals surface area contributed by atoms with Gasteiger partial charge < -0.3 is 33.2 Å². The quantitative estimate of drug-likeness (QED) is 0.165. The van der Waals surface area contributed by atoms with Gasteiger partial charge in [-0.15, -0.1) is 0 Å². The van der Waals surface area contributed by atoms with Gasteiger partial charge in [0.2, 0.25) is 0 Å². The van der Waals surface area contributed by atoms with Crippen LogP contribution in [0.3, 0.4) is 0 Å². The fourth-order valence-corrected chi connectivity index (χ4v) is 9.24. The molecule has 0 N–H and O–H groups in total. The van der Waals surface area contributed by atoms with E-state index in [2.05, 4.69) is 169 Å². The van der Waals surface area contributed by atoms with Crippen LogP contribution in [0.15, 0.2) is 78.9 Å². The summed E-state index contributed by atoms with van der Waals surface area (Å²) in [6.07, 6.45) is 3.33. The zero-order valence-electron chi connectivity index (χ0n) is 44.5. The van der Waals surface area contributed by atoms with Crippen molar-refractivity contribution in [3.05, 3.63) is 151 Å². The summed E-state index contributed by atoms with van der Waals surface area (Å²) < 4.78 is 46.6. The van der Waals surface area contributed by atoms with Crippen molar-refractivity contribution in [2.24, 2.45) is 0 Å². The van der Waals surface area contributed by atoms with Gasteiger partial charge in [0.15, 0.2) is 0 Å². The van der Waals surface area contributed by atoms with E-state index in [4.69, 9.17) is 33.2 Å². The second kappa shape index (κ2) is 22.1. The summed E-state index contributed by atoms with van der Waals surface area (Å²) in [7, 11) is 0. The Morgan fingerprint density at radius 3 is 1.01 bits per heavy atom. The van der Waals surface area contributed by atoms with Gasteiger partial charge in [0.05, 0.1) is 46.2 Å². The van der Waals surface area contributed by atoms with Gasteiger partial charge in [0.1, 0.15) is 42.8 Å². The Bertz CT molecular complexity index is 2380. The highest BCUT2D eigenvalue weighted by molar-refractivity contribution is 5.60. The highest BCUT2D eigenvalue weighted by Gasteiger charge is 2.29. The first-order chi connectivity index (χ1) is 32.7. The maximum atomic E-state index is 7.21. The summed E-state index contributed by atoms with van der Waals surface area (Å²) in [5.74, 6) is 3.65. The fourth-order valence-electron chi connectivity index (χ4n) is 9.24. The largest absolute Gasteiger partial charge is 0.493 e. The lowest BCUT2D eigenvalue weighted by Gasteiger charge is -2.29. The molecule has 7 rings (SSSR count). The predicted molar refractivity (Wildman–Crippen MR) is 282 cm³/mol. The molecule has 69 heavy (non-hydrogen) atoms. The molecule has 0 radical (unpaired) electrons. The van der Waals surface area contributed by atoms with E-state index in [1.807, 2.05) is 0 Å². The van der Waals surface area contributed by atoms with Crippen molar-refractivity contribution in [3.8, 4) is 23.0 Å². The van der Waals surface area contributed by atoms with E-state index in [0.717, 1.165) is 79.5 Å². The lowest BCUT2D eigenvalue weighted by molar-refractivity contribution is 0.00484. The zero-order valence-corrected chi connectivity index (χ0v) is 44.5. The van der Waals surface area contributed by atoms with Crippen LogP contribution in [0, 0.1) is 0 Å². The number of hydrogen-bond donors (Lipinski definition) is 0. The molecule has 0 unspecified atom stereocenters. The average Bonchev–Trinajstić information content (AvgIpc) is 3.26. The van der Waals surface area contributed by atoms with Gasteiger partial charge >= 0.3 is 0 Å². The zero-order chi connectivity index (χ0) is 49.6. The lowest BCUT2D eigenvalue weighted by Crippen LogP contribution is -2.19. The molecule has 0 saturated carbocycles. The van der Waals surface area contributed by atoms with Gasteiger partial charge in [-0.1, -0.05) is 169 Å². The Morgan fingerprint density at radius 2 is 0.696 bits per heavy atom. The fraction of sp³-hybridized carbons (Fsp3) is 0.516. The van der Waals surface area contributed by atoms with Gasteiger partial charge in [-0.25, -0.2) is 0 Å². The van der Waals surface area contributed by atoms with Gasteiger partial charge in [0, 0.05) is 25.7 Å². The molecule has 1 aliphatic carbocycles. The molecule has 5 aromatic rings. The summed E-state index contributed by atoms with van der Waals surface area (Å²) in [4.78, 5) is 0. The van der Waals surface area contributed by atoms with Gasteiger partial charge in [-0.05, 0) is 100 Å². The van der Waals surface area contributed by atoms with Gasteiger partial charge in [0.25, 0.3) is 0 Å². The number of hydrogen-bond acceptors (Lipinski definition) is 7. The predicted octanol–water partition coefficient (Wildman–Crippen LogP) is 13.7. The third-order valence-corrected chi connectivity index (χ3v) is 13.3. The first-order valence-corrected chi connectivity index (χ1v) is 25.6. The minimum Gasteiger partial charge on any atom is -0.493 e. The van der Waals surface area contributed by atoms with Crippen molar-refractivity contribution >= 4 is 0 Å². The smallest absolute Gasteiger partial charge is 0.126 e. The maximum Gasteiger partial charge on any atom is 0.126 e. The number of fused-ring (bicyclic) bond motifs is 2. The second-order valence-corrected chi connectivity index (χ2v) is 23.4. The molecule has 372 valence electrons. The number of ether oxygens (including phenoxy) is 7. The number of rotatable bonds is 6. The Kier molecular flexibility index (Phi) is 16.6. The standard InChI is InChI=1S/C62H82O7/c1-14-20-66-55-43-29-45-35-52(60(5,6)7)37-47-31-49-39-54(62(11,12)13)40-50(58(49)69-41-42-18-16-15-17-19-42)32-48-38-53(61(8,9)10)36-46(30-44(55)34-51(33-43)59(2,3)4)57(48)68-28-26-65-24-22-63-21-23-64-25-27-67-56(45)47/h15-19,33-40H,14,20-32,41H2,1-13H3. The van der Waals surface area contributed by atoms with Crippen LogP contribution >= 0.6 is 0 Å². The summed E-state index contributed by atoms with van der Waals surface area (Å²) in [6.45, 7) is 34.5. The molecule has 0 saturated heterocycles. The van der Waals surface area contributed by atoms with E-state index in [0.29, 0.717) is 91.8 Å². The van der Waals surface area contributed by atoms with Crippen molar-refractivity contribution < 1.29 is 33.2 Å². The molecule has 0 atom stereocenters. The minimum absolute atomic E-state index is 0.129. The highest BCUT2D eigenvalue weighted by atomic mass is 16.6. The van der Waals surface area contributed by atoms with E-state index < -0.39 is 0 Å². The van der Waals surface area contributed by atoms with Crippen LogP contribution in [0.1, 0.15) is 169 Å². The Balaban J connectivity index is 1.61. The molecule has 1 heterocycles. The molecular formula is C62H82O7. The minimum atomic E-state index is -0.149. The summed E-state index contributed by atoms with van der Waals surface area (Å²) in [5, 5.41) is 0. The van der Waals surface area contributed by atoms with E-state index in [1.54, 1.807) is 0 Å². The molecule has 0 aromatic heterocycles. The molecule has 7 heteroatoms. The van der Waals surface area contributed by atoms with Crippen molar-refractivity contribution in [2.45, 2.75) is 150 Å². The molecule has 0 spiro atoms. The van der Waals surface area contributed by atoms with E-state index in [9.17, 15) is 0 Å². The monoisotopic (exact) mass is 939 g/mol. The van der Waals surface area contributed by atoms with Crippen LogP contribution in [-0.4, -0.2) is 59.5 Å². The first-order valence-electron chi connectivity index (χ1n) is 25.6. The highest BCUT2D eigenvalue weighted by Crippen LogP contribution is 2.44. The summed E-state index contributed by atoms with van der Waals surface area (Å²) in [6, 6.07) is 29.6. The first kappa shape index (κ1) is 52.0. The Hall–Kier alpha value is -4.82. The maximum absolute atomic E-state index is 7.21. The Morgan fingerprint density at radius 1 is 0.391 bits per heavy atom. The van der Waals surface area contributed by atoms with Gasteiger partial charge in [-0.2, -0.15) is 0 Å². The molecule has 10 bridgehead atoms. The normalized spacial score (nSPS) is 15.7. The molecular weight excluding hydrogens is 857 g/mol. The van der Waals surface area contributed by atoms with Crippen LogP contribution in [0.4, 0.5) is 0 Å². The van der Waals surface area contributed by atoms with E-state index in [-0.39, 0.29) is 21.7 Å². The van der Waals surface area contributed by atoms with Crippen LogP contribution in [0.2, 0.25) is 0 Å². The van der Waals surface area contributed by atoms with Gasteiger partial charge in [-0.3, -0.25) is 0 Å². The second-order valence-electron chi connectivity index (χ2n) is 23.4. The Labute approximate surface area is 415 Å². The van der Waals surface area contributed by atoms with E-state index in [1.165, 1.54) is 22.3 Å². The molecule has 7 nitrogen and oxygen atoms in total. The molecule has 5 aromatic carbocycles.